The number of aromatic nitrogens is 2. The van der Waals surface area contributed by atoms with Gasteiger partial charge in [0.05, 0.1) is 24.3 Å². The molecule has 164 valence electrons. The molecule has 2 aromatic heterocycles. The first-order valence-corrected chi connectivity index (χ1v) is 8.61. The Balaban J connectivity index is 2.20. The van der Waals surface area contributed by atoms with Crippen molar-refractivity contribution in [2.75, 3.05) is 7.11 Å². The number of halogens is 7. The smallest absolute Gasteiger partial charge is 0.417 e. The fourth-order valence-electron chi connectivity index (χ4n) is 3.32. The highest BCUT2D eigenvalue weighted by molar-refractivity contribution is 5.42. The Morgan fingerprint density at radius 1 is 1.30 bits per heavy atom. The molecule has 2 aromatic rings. The van der Waals surface area contributed by atoms with E-state index in [-0.39, 0.29) is 23.4 Å². The van der Waals surface area contributed by atoms with Crippen molar-refractivity contribution in [3.63, 3.8) is 0 Å². The number of pyridine rings is 2. The lowest BCUT2D eigenvalue weighted by molar-refractivity contribution is -0.138. The molecule has 0 radical (unpaired) electrons. The molecule has 0 aliphatic heterocycles. The van der Waals surface area contributed by atoms with Crippen LogP contribution >= 0.6 is 0 Å². The summed E-state index contributed by atoms with van der Waals surface area (Å²) in [5.74, 6) is -4.38. The molecule has 0 N–H and O–H groups in total. The van der Waals surface area contributed by atoms with Crippen LogP contribution in [0.15, 0.2) is 29.5 Å². The Kier molecular flexibility index (Phi) is 5.70. The zero-order chi connectivity index (χ0) is 22.3. The van der Waals surface area contributed by atoms with Gasteiger partial charge in [-0.15, -0.1) is 0 Å². The third-order valence-electron chi connectivity index (χ3n) is 4.59. The van der Waals surface area contributed by atoms with E-state index in [1.54, 1.807) is 0 Å². The number of ether oxygens (including phenoxy) is 2. The number of hydrogen-bond acceptors (Lipinski definition) is 4. The van der Waals surface area contributed by atoms with Crippen molar-refractivity contribution in [3.8, 4) is 11.6 Å². The first-order chi connectivity index (χ1) is 13.9. The van der Waals surface area contributed by atoms with E-state index in [0.29, 0.717) is 12.3 Å². The van der Waals surface area contributed by atoms with Crippen LogP contribution in [0.25, 0.3) is 0 Å². The molecule has 1 unspecified atom stereocenters. The van der Waals surface area contributed by atoms with Gasteiger partial charge in [0.1, 0.15) is 0 Å². The Hall–Kier alpha value is -2.79. The number of alkyl halides is 7. The average molecular weight is 439 g/mol. The van der Waals surface area contributed by atoms with Crippen LogP contribution in [0.3, 0.4) is 0 Å². The fourth-order valence-corrected chi connectivity index (χ4v) is 3.32. The van der Waals surface area contributed by atoms with Crippen molar-refractivity contribution in [1.82, 2.24) is 9.55 Å². The van der Waals surface area contributed by atoms with Crippen LogP contribution in [0.5, 0.6) is 11.6 Å². The summed E-state index contributed by atoms with van der Waals surface area (Å²) in [6.45, 7) is -3.41. The maximum absolute atomic E-state index is 14.5. The van der Waals surface area contributed by atoms with Crippen LogP contribution in [-0.4, -0.2) is 23.3 Å². The summed E-state index contributed by atoms with van der Waals surface area (Å²) in [6, 6.07) is 0.729. The van der Waals surface area contributed by atoms with Gasteiger partial charge in [0.25, 0.3) is 5.92 Å². The fraction of sp³-hybridized carbons (Fsp3) is 0.444. The van der Waals surface area contributed by atoms with Crippen molar-refractivity contribution >= 4 is 0 Å². The topological polar surface area (TPSA) is 48.6 Å². The van der Waals surface area contributed by atoms with E-state index in [2.05, 4.69) is 14.7 Å². The molecule has 5 nitrogen and oxygen atoms in total. The second-order valence-corrected chi connectivity index (χ2v) is 6.58. The summed E-state index contributed by atoms with van der Waals surface area (Å²) in [5, 5.41) is 0. The first kappa shape index (κ1) is 21.9. The lowest BCUT2D eigenvalue weighted by Crippen LogP contribution is -2.28. The van der Waals surface area contributed by atoms with Gasteiger partial charge in [-0.2, -0.15) is 22.0 Å². The highest BCUT2D eigenvalue weighted by Gasteiger charge is 2.44. The second kappa shape index (κ2) is 7.80. The second-order valence-electron chi connectivity index (χ2n) is 6.58. The number of rotatable bonds is 4. The summed E-state index contributed by atoms with van der Waals surface area (Å²) in [7, 11) is 2.34. The van der Waals surface area contributed by atoms with Gasteiger partial charge in [-0.05, 0) is 24.1 Å². The molecule has 2 heterocycles. The van der Waals surface area contributed by atoms with Gasteiger partial charge in [-0.1, -0.05) is 0 Å². The van der Waals surface area contributed by atoms with Gasteiger partial charge in [-0.25, -0.2) is 13.8 Å². The summed E-state index contributed by atoms with van der Waals surface area (Å²) in [5.41, 5.74) is -2.01. The Labute approximate surface area is 165 Å². The number of nitrogens with zero attached hydrogens (tertiary/aromatic N) is 3. The predicted octanol–water partition coefficient (Wildman–Crippen LogP) is 4.58. The molecule has 1 aliphatic carbocycles. The summed E-state index contributed by atoms with van der Waals surface area (Å²) >= 11 is 0. The van der Waals surface area contributed by atoms with Gasteiger partial charge in [-0.3, -0.25) is 4.99 Å². The van der Waals surface area contributed by atoms with Crippen molar-refractivity contribution < 1.29 is 40.2 Å². The molecule has 0 bridgehead atoms. The summed E-state index contributed by atoms with van der Waals surface area (Å²) in [4.78, 5) is 7.96. The Bertz CT molecular complexity index is 1000. The minimum Gasteiger partial charge on any atom is -0.481 e. The van der Waals surface area contributed by atoms with Gasteiger partial charge < -0.3 is 14.0 Å². The molecule has 0 spiro atoms. The third-order valence-corrected chi connectivity index (χ3v) is 4.59. The summed E-state index contributed by atoms with van der Waals surface area (Å²) < 4.78 is 104. The maximum atomic E-state index is 14.5. The molecule has 0 aromatic carbocycles. The molecular weight excluding hydrogens is 423 g/mol. The number of aryl methyl sites for hydroxylation is 1. The normalized spacial score (nSPS) is 19.0. The first-order valence-electron chi connectivity index (χ1n) is 8.61. The van der Waals surface area contributed by atoms with E-state index in [1.165, 1.54) is 19.4 Å². The lowest BCUT2D eigenvalue weighted by Gasteiger charge is -2.30. The number of fused-ring (bicyclic) bond motifs is 1. The highest BCUT2D eigenvalue weighted by atomic mass is 19.4. The molecule has 30 heavy (non-hydrogen) atoms. The van der Waals surface area contributed by atoms with E-state index in [1.807, 2.05) is 0 Å². The minimum absolute atomic E-state index is 0.0426. The SMILES string of the molecule is COc1nccc2c1C(F)(F)CCC2/N=c1/c(OC(F)F)cc(C(F)(F)F)cn1C. The van der Waals surface area contributed by atoms with Crippen LogP contribution in [0, 0.1) is 0 Å². The maximum Gasteiger partial charge on any atom is 0.417 e. The van der Waals surface area contributed by atoms with Gasteiger partial charge >= 0.3 is 12.8 Å². The van der Waals surface area contributed by atoms with Crippen molar-refractivity contribution in [2.45, 2.75) is 37.6 Å². The van der Waals surface area contributed by atoms with E-state index < -0.39 is 48.0 Å². The molecule has 1 atom stereocenters. The van der Waals surface area contributed by atoms with E-state index in [0.717, 1.165) is 11.6 Å². The molecular formula is C18H16F7N3O2. The van der Waals surface area contributed by atoms with Crippen molar-refractivity contribution in [1.29, 1.82) is 0 Å². The van der Waals surface area contributed by atoms with Crippen molar-refractivity contribution in [2.24, 2.45) is 12.0 Å². The van der Waals surface area contributed by atoms with E-state index in [4.69, 9.17) is 4.74 Å². The third kappa shape index (κ3) is 4.21. The van der Waals surface area contributed by atoms with Gasteiger partial charge in [0, 0.05) is 25.9 Å². The highest BCUT2D eigenvalue weighted by Crippen LogP contribution is 2.48. The monoisotopic (exact) mass is 439 g/mol. The molecule has 12 heteroatoms. The van der Waals surface area contributed by atoms with E-state index >= 15 is 0 Å². The summed E-state index contributed by atoms with van der Waals surface area (Å²) in [6.07, 6.45) is -3.74. The van der Waals surface area contributed by atoms with Crippen molar-refractivity contribution in [3.05, 3.63) is 46.7 Å². The zero-order valence-electron chi connectivity index (χ0n) is 15.7. The minimum atomic E-state index is -4.81. The quantitative estimate of drug-likeness (QED) is 0.656. The average Bonchev–Trinajstić information content (AvgIpc) is 2.64. The Morgan fingerprint density at radius 3 is 2.60 bits per heavy atom. The standard InChI is InChI=1S/C18H16F7N3O2/c1-28-8-9(18(23,24)25)7-12(30-16(19)20)14(28)27-11-3-5-17(21,22)13-10(11)4-6-26-15(13)29-2/h4,6-8,11,16H,3,5H2,1-2H3/b27-14-. The number of hydrogen-bond donors (Lipinski definition) is 0. The molecule has 0 saturated heterocycles. The molecule has 0 amide bonds. The predicted molar refractivity (Wildman–Crippen MR) is 89.3 cm³/mol. The number of methoxy groups -OCH3 is 1. The van der Waals surface area contributed by atoms with Gasteiger partial charge in [0.15, 0.2) is 11.2 Å². The molecule has 0 fully saturated rings. The van der Waals surface area contributed by atoms with Crippen LogP contribution in [0.4, 0.5) is 30.7 Å². The van der Waals surface area contributed by atoms with Crippen LogP contribution in [-0.2, 0) is 19.1 Å². The molecule has 1 aliphatic rings. The molecule has 3 rings (SSSR count). The Morgan fingerprint density at radius 2 is 2.00 bits per heavy atom. The molecule has 0 saturated carbocycles. The largest absolute Gasteiger partial charge is 0.481 e. The lowest BCUT2D eigenvalue weighted by atomic mass is 9.86. The van der Waals surface area contributed by atoms with Gasteiger partial charge in [0.2, 0.25) is 5.88 Å². The van der Waals surface area contributed by atoms with E-state index in [9.17, 15) is 30.7 Å². The van der Waals surface area contributed by atoms with Crippen LogP contribution in [0.2, 0.25) is 0 Å². The zero-order valence-corrected chi connectivity index (χ0v) is 15.7. The van der Waals surface area contributed by atoms with Crippen LogP contribution < -0.4 is 15.0 Å². The van der Waals surface area contributed by atoms with Crippen LogP contribution in [0.1, 0.15) is 35.6 Å².